The number of ether oxygens (including phenoxy) is 3. The number of hydrogen-bond donors (Lipinski definition) is 0. The molecule has 1 aliphatic heterocycles. The molecule has 250 valence electrons. The minimum Gasteiger partial charge on any atom is -0.487 e. The van der Waals surface area contributed by atoms with Gasteiger partial charge in [-0.25, -0.2) is 14.6 Å². The van der Waals surface area contributed by atoms with E-state index in [1.807, 2.05) is 0 Å². The highest BCUT2D eigenvalue weighted by Crippen LogP contribution is 2.39. The Morgan fingerprint density at radius 2 is 1.65 bits per heavy atom. The standard InChI is InChI=1S/C33H24Br2ClF3N2O6S/c1-3-45-30(43)19-7-5-17(6-8-19)16-47-27-20(13-21(34)15-23(27)35)14-24-29(42)41-26(18-9-11-22(36)12-10-18)25(31(44)46-4-2)28(33(37,38)39)40-32(41)48-24/h5-15,26H,3-4,16H2,1-2H3/b24-14-/t26-/m0/s1. The molecule has 1 atom stereocenters. The Morgan fingerprint density at radius 1 is 1.00 bits per heavy atom. The van der Waals surface area contributed by atoms with E-state index in [9.17, 15) is 27.6 Å². The number of rotatable bonds is 9. The van der Waals surface area contributed by atoms with Crippen LogP contribution in [0.25, 0.3) is 6.08 Å². The predicted molar refractivity (Wildman–Crippen MR) is 181 cm³/mol. The summed E-state index contributed by atoms with van der Waals surface area (Å²) < 4.78 is 61.7. The van der Waals surface area contributed by atoms with Crippen molar-refractivity contribution in [2.75, 3.05) is 13.2 Å². The van der Waals surface area contributed by atoms with Gasteiger partial charge in [0.2, 0.25) is 0 Å². The Bertz CT molecular complexity index is 2100. The maximum Gasteiger partial charge on any atom is 0.434 e. The molecule has 0 radical (unpaired) electrons. The lowest BCUT2D eigenvalue weighted by molar-refractivity contribution is -0.140. The molecule has 15 heteroatoms. The van der Waals surface area contributed by atoms with Crippen LogP contribution in [0.4, 0.5) is 13.2 Å². The molecule has 5 rings (SSSR count). The lowest BCUT2D eigenvalue weighted by Gasteiger charge is -2.26. The third-order valence-electron chi connectivity index (χ3n) is 6.95. The van der Waals surface area contributed by atoms with Gasteiger partial charge < -0.3 is 14.2 Å². The Kier molecular flexibility index (Phi) is 11.0. The summed E-state index contributed by atoms with van der Waals surface area (Å²) in [6.07, 6.45) is -3.55. The number of carbonyl (C=O) groups excluding carboxylic acids is 2. The Balaban J connectivity index is 1.63. The molecule has 0 saturated heterocycles. The molecule has 4 aromatic rings. The third-order valence-corrected chi connectivity index (χ3v) is 9.23. The van der Waals surface area contributed by atoms with Crippen molar-refractivity contribution >= 4 is 72.8 Å². The predicted octanol–water partition coefficient (Wildman–Crippen LogP) is 7.27. The van der Waals surface area contributed by atoms with Crippen LogP contribution >= 0.6 is 54.8 Å². The molecular formula is C33H24Br2ClF3N2O6S. The van der Waals surface area contributed by atoms with Crippen molar-refractivity contribution < 1.29 is 37.0 Å². The summed E-state index contributed by atoms with van der Waals surface area (Å²) in [4.78, 5) is 42.7. The van der Waals surface area contributed by atoms with E-state index in [2.05, 4.69) is 36.9 Å². The van der Waals surface area contributed by atoms with Crippen LogP contribution in [-0.4, -0.2) is 35.9 Å². The van der Waals surface area contributed by atoms with Crippen molar-refractivity contribution in [3.05, 3.63) is 128 Å². The molecule has 2 heterocycles. The molecule has 1 aromatic heterocycles. The van der Waals surface area contributed by atoms with Crippen molar-refractivity contribution in [2.45, 2.75) is 32.7 Å². The zero-order valence-electron chi connectivity index (χ0n) is 25.1. The van der Waals surface area contributed by atoms with Crippen LogP contribution in [0.3, 0.4) is 0 Å². The molecular weight excluding hydrogens is 805 g/mol. The SMILES string of the molecule is CCOC(=O)C1=C(C(F)(F)F)N=c2s/c(=C\c3cc(Br)cc(Br)c3OCc3ccc(C(=O)OCC)cc3)c(=O)n2[C@H]1c1ccc(Cl)cc1. The van der Waals surface area contributed by atoms with E-state index >= 15 is 0 Å². The number of hydrogen-bond acceptors (Lipinski definition) is 8. The van der Waals surface area contributed by atoms with Gasteiger partial charge in [0.05, 0.1) is 39.4 Å². The number of allylic oxidation sites excluding steroid dienone is 1. The Hall–Kier alpha value is -3.72. The van der Waals surface area contributed by atoms with Crippen LogP contribution in [0.5, 0.6) is 5.75 Å². The smallest absolute Gasteiger partial charge is 0.434 e. The van der Waals surface area contributed by atoms with Crippen LogP contribution in [0.1, 0.15) is 46.9 Å². The first-order valence-electron chi connectivity index (χ1n) is 14.3. The fraction of sp³-hybridized carbons (Fsp3) is 0.212. The highest BCUT2D eigenvalue weighted by molar-refractivity contribution is 9.11. The van der Waals surface area contributed by atoms with E-state index in [0.717, 1.165) is 21.5 Å². The number of benzene rings is 3. The van der Waals surface area contributed by atoms with Gasteiger partial charge >= 0.3 is 18.1 Å². The van der Waals surface area contributed by atoms with Gasteiger partial charge in [-0.2, -0.15) is 13.2 Å². The Morgan fingerprint density at radius 3 is 2.27 bits per heavy atom. The molecule has 0 spiro atoms. The van der Waals surface area contributed by atoms with Gasteiger partial charge in [0.1, 0.15) is 12.4 Å². The second kappa shape index (κ2) is 14.8. The van der Waals surface area contributed by atoms with Crippen molar-refractivity contribution in [3.8, 4) is 5.75 Å². The molecule has 0 N–H and O–H groups in total. The highest BCUT2D eigenvalue weighted by Gasteiger charge is 2.45. The zero-order valence-corrected chi connectivity index (χ0v) is 29.8. The number of aromatic nitrogens is 1. The van der Waals surface area contributed by atoms with Gasteiger partial charge in [-0.1, -0.05) is 63.1 Å². The lowest BCUT2D eigenvalue weighted by Crippen LogP contribution is -2.41. The van der Waals surface area contributed by atoms with Gasteiger partial charge in [0, 0.05) is 15.1 Å². The van der Waals surface area contributed by atoms with Crippen LogP contribution in [0, 0.1) is 0 Å². The van der Waals surface area contributed by atoms with Crippen LogP contribution < -0.4 is 19.6 Å². The summed E-state index contributed by atoms with van der Waals surface area (Å²) >= 11 is 13.7. The summed E-state index contributed by atoms with van der Waals surface area (Å²) in [6, 6.07) is 14.4. The third kappa shape index (κ3) is 7.61. The van der Waals surface area contributed by atoms with E-state index in [4.69, 9.17) is 25.8 Å². The molecule has 0 saturated carbocycles. The van der Waals surface area contributed by atoms with Crippen molar-refractivity contribution in [1.82, 2.24) is 4.57 Å². The number of carbonyl (C=O) groups is 2. The minimum absolute atomic E-state index is 0.0352. The molecule has 3 aromatic carbocycles. The molecule has 0 aliphatic carbocycles. The van der Waals surface area contributed by atoms with Crippen molar-refractivity contribution in [3.63, 3.8) is 0 Å². The summed E-state index contributed by atoms with van der Waals surface area (Å²) in [5, 5.41) is 0.312. The topological polar surface area (TPSA) is 96.2 Å². The quantitative estimate of drug-likeness (QED) is 0.165. The van der Waals surface area contributed by atoms with Gasteiger partial charge in [0.25, 0.3) is 5.56 Å². The van der Waals surface area contributed by atoms with E-state index in [1.165, 1.54) is 37.3 Å². The molecule has 0 amide bonds. The van der Waals surface area contributed by atoms with Gasteiger partial charge in [-0.15, -0.1) is 0 Å². The van der Waals surface area contributed by atoms with Crippen LogP contribution in [-0.2, 0) is 20.9 Å². The number of fused-ring (bicyclic) bond motifs is 1. The largest absolute Gasteiger partial charge is 0.487 e. The van der Waals surface area contributed by atoms with Gasteiger partial charge in [0.15, 0.2) is 10.5 Å². The second-order valence-corrected chi connectivity index (χ2v) is 13.3. The van der Waals surface area contributed by atoms with E-state index in [0.29, 0.717) is 30.8 Å². The monoisotopic (exact) mass is 826 g/mol. The number of alkyl halides is 3. The summed E-state index contributed by atoms with van der Waals surface area (Å²) in [6.45, 7) is 3.32. The maximum atomic E-state index is 14.4. The normalized spacial score (nSPS) is 14.8. The number of nitrogens with zero attached hydrogens (tertiary/aromatic N) is 2. The molecule has 0 unspecified atom stereocenters. The van der Waals surface area contributed by atoms with E-state index in [-0.39, 0.29) is 34.7 Å². The molecule has 1 aliphatic rings. The number of thiazole rings is 1. The molecule has 8 nitrogen and oxygen atoms in total. The first kappa shape index (κ1) is 35.6. The maximum absolute atomic E-state index is 14.4. The number of halogens is 6. The zero-order chi connectivity index (χ0) is 34.7. The molecule has 48 heavy (non-hydrogen) atoms. The summed E-state index contributed by atoms with van der Waals surface area (Å²) in [5.74, 6) is -1.35. The fourth-order valence-corrected chi connectivity index (χ4v) is 7.38. The lowest BCUT2D eigenvalue weighted by atomic mass is 9.95. The van der Waals surface area contributed by atoms with E-state index in [1.54, 1.807) is 43.3 Å². The number of esters is 2. The fourth-order valence-electron chi connectivity index (χ4n) is 4.89. The second-order valence-electron chi connectivity index (χ2n) is 10.1. The van der Waals surface area contributed by atoms with Crippen LogP contribution in [0.2, 0.25) is 5.02 Å². The van der Waals surface area contributed by atoms with Gasteiger partial charge in [-0.3, -0.25) is 9.36 Å². The first-order chi connectivity index (χ1) is 22.8. The van der Waals surface area contributed by atoms with Gasteiger partial charge in [-0.05, 0) is 83.4 Å². The van der Waals surface area contributed by atoms with Crippen molar-refractivity contribution in [1.29, 1.82) is 0 Å². The van der Waals surface area contributed by atoms with E-state index < -0.39 is 41.0 Å². The average Bonchev–Trinajstić information content (AvgIpc) is 3.34. The highest BCUT2D eigenvalue weighted by atomic mass is 79.9. The Labute approximate surface area is 297 Å². The molecule has 0 bridgehead atoms. The first-order valence-corrected chi connectivity index (χ1v) is 17.0. The summed E-state index contributed by atoms with van der Waals surface area (Å²) in [7, 11) is 0. The van der Waals surface area contributed by atoms with Crippen LogP contribution in [0.15, 0.2) is 90.7 Å². The minimum atomic E-state index is -5.04. The van der Waals surface area contributed by atoms with Crippen molar-refractivity contribution in [2.24, 2.45) is 4.99 Å². The average molecular weight is 829 g/mol. The summed E-state index contributed by atoms with van der Waals surface area (Å²) in [5.41, 5.74) is -1.19. The molecule has 0 fully saturated rings.